The van der Waals surface area contributed by atoms with Crippen LogP contribution in [0.15, 0.2) is 18.2 Å². The van der Waals surface area contributed by atoms with Crippen molar-refractivity contribution in [2.45, 2.75) is 27.2 Å². The molecule has 1 saturated heterocycles. The summed E-state index contributed by atoms with van der Waals surface area (Å²) in [5, 5.41) is 3.04. The summed E-state index contributed by atoms with van der Waals surface area (Å²) in [6.45, 7) is 12.5. The molecule has 0 spiro atoms. The van der Waals surface area contributed by atoms with Crippen molar-refractivity contribution in [2.75, 3.05) is 56.2 Å². The van der Waals surface area contributed by atoms with Gasteiger partial charge in [-0.05, 0) is 44.5 Å². The normalized spacial score (nSPS) is 15.4. The summed E-state index contributed by atoms with van der Waals surface area (Å²) in [6, 6.07) is 6.23. The molecule has 0 bridgehead atoms. The summed E-state index contributed by atoms with van der Waals surface area (Å²) in [5.74, 6) is 0.0789. The Morgan fingerprint density at radius 3 is 2.57 bits per heavy atom. The van der Waals surface area contributed by atoms with Crippen molar-refractivity contribution < 1.29 is 9.53 Å². The molecule has 1 fully saturated rings. The molecule has 1 aliphatic rings. The average Bonchev–Trinajstić information content (AvgIpc) is 2.57. The molecule has 1 aromatic carbocycles. The van der Waals surface area contributed by atoms with Crippen LogP contribution in [0.2, 0.25) is 0 Å². The van der Waals surface area contributed by atoms with Crippen molar-refractivity contribution in [1.29, 1.82) is 0 Å². The smallest absolute Gasteiger partial charge is 0.225 e. The molecule has 1 heterocycles. The second-order valence-corrected chi connectivity index (χ2v) is 5.92. The summed E-state index contributed by atoms with van der Waals surface area (Å²) in [5.41, 5.74) is 3.22. The minimum atomic E-state index is 0.0789. The zero-order chi connectivity index (χ0) is 16.7. The number of morpholine rings is 1. The van der Waals surface area contributed by atoms with E-state index in [-0.39, 0.29) is 5.91 Å². The van der Waals surface area contributed by atoms with Crippen molar-refractivity contribution in [3.05, 3.63) is 23.8 Å². The minimum Gasteiger partial charge on any atom is -0.379 e. The zero-order valence-electron chi connectivity index (χ0n) is 14.6. The lowest BCUT2D eigenvalue weighted by Crippen LogP contribution is -2.38. The number of nitrogens with one attached hydrogen (secondary N) is 1. The van der Waals surface area contributed by atoms with Gasteiger partial charge in [-0.2, -0.15) is 0 Å². The third kappa shape index (κ3) is 5.22. The Labute approximate surface area is 139 Å². The maximum Gasteiger partial charge on any atom is 0.225 e. The van der Waals surface area contributed by atoms with Crippen LogP contribution >= 0.6 is 0 Å². The van der Waals surface area contributed by atoms with Gasteiger partial charge in [0.15, 0.2) is 0 Å². The number of amides is 1. The molecular weight excluding hydrogens is 290 g/mol. The van der Waals surface area contributed by atoms with Gasteiger partial charge in [-0.3, -0.25) is 9.69 Å². The van der Waals surface area contributed by atoms with E-state index in [0.717, 1.165) is 57.2 Å². The molecule has 0 aromatic heterocycles. The molecule has 1 aliphatic heterocycles. The number of carbonyl (C=O) groups is 1. The van der Waals surface area contributed by atoms with Crippen molar-refractivity contribution in [2.24, 2.45) is 0 Å². The van der Waals surface area contributed by atoms with Crippen LogP contribution in [0, 0.1) is 6.92 Å². The van der Waals surface area contributed by atoms with Crippen LogP contribution in [0.4, 0.5) is 11.4 Å². The fraction of sp³-hybridized carbons (Fsp3) is 0.611. The lowest BCUT2D eigenvalue weighted by Gasteiger charge is -2.26. The number of benzene rings is 1. The number of nitrogens with zero attached hydrogens (tertiary/aromatic N) is 2. The van der Waals surface area contributed by atoms with Gasteiger partial charge < -0.3 is 15.0 Å². The highest BCUT2D eigenvalue weighted by atomic mass is 16.5. The van der Waals surface area contributed by atoms with Gasteiger partial charge in [-0.15, -0.1) is 0 Å². The summed E-state index contributed by atoms with van der Waals surface area (Å²) < 4.78 is 5.32. The van der Waals surface area contributed by atoms with E-state index < -0.39 is 0 Å². The molecule has 5 heteroatoms. The number of anilines is 2. The van der Waals surface area contributed by atoms with E-state index in [1.165, 1.54) is 5.69 Å². The minimum absolute atomic E-state index is 0.0789. The van der Waals surface area contributed by atoms with E-state index >= 15 is 0 Å². The molecule has 0 radical (unpaired) electrons. The predicted octanol–water partition coefficient (Wildman–Crippen LogP) is 2.50. The third-order valence-electron chi connectivity index (χ3n) is 4.37. The second kappa shape index (κ2) is 8.89. The summed E-state index contributed by atoms with van der Waals surface area (Å²) >= 11 is 0. The van der Waals surface area contributed by atoms with Gasteiger partial charge in [-0.1, -0.05) is 0 Å². The first kappa shape index (κ1) is 17.8. The molecule has 1 N–H and O–H groups in total. The van der Waals surface area contributed by atoms with Crippen LogP contribution < -0.4 is 10.2 Å². The van der Waals surface area contributed by atoms with Crippen LogP contribution in [-0.2, 0) is 9.53 Å². The van der Waals surface area contributed by atoms with Gasteiger partial charge in [0.25, 0.3) is 0 Å². The van der Waals surface area contributed by atoms with Crippen LogP contribution in [0.5, 0.6) is 0 Å². The van der Waals surface area contributed by atoms with E-state index in [1.54, 1.807) is 0 Å². The Bertz CT molecular complexity index is 509. The molecule has 2 rings (SSSR count). The SMILES string of the molecule is CCN(CC)c1ccc(NC(=O)CCN2CCOCC2)c(C)c1. The Morgan fingerprint density at radius 2 is 1.96 bits per heavy atom. The van der Waals surface area contributed by atoms with Gasteiger partial charge in [0, 0.05) is 50.5 Å². The Kier molecular flexibility index (Phi) is 6.86. The fourth-order valence-electron chi connectivity index (χ4n) is 2.87. The monoisotopic (exact) mass is 319 g/mol. The zero-order valence-corrected chi connectivity index (χ0v) is 14.6. The van der Waals surface area contributed by atoms with Gasteiger partial charge in [-0.25, -0.2) is 0 Å². The van der Waals surface area contributed by atoms with Crippen molar-refractivity contribution in [1.82, 2.24) is 4.90 Å². The number of hydrogen-bond acceptors (Lipinski definition) is 4. The summed E-state index contributed by atoms with van der Waals surface area (Å²) in [7, 11) is 0. The fourth-order valence-corrected chi connectivity index (χ4v) is 2.87. The highest BCUT2D eigenvalue weighted by molar-refractivity contribution is 5.91. The number of aryl methyl sites for hydroxylation is 1. The van der Waals surface area contributed by atoms with Gasteiger partial charge in [0.2, 0.25) is 5.91 Å². The Morgan fingerprint density at radius 1 is 1.26 bits per heavy atom. The molecule has 0 atom stereocenters. The molecule has 0 unspecified atom stereocenters. The number of carbonyl (C=O) groups excluding carboxylic acids is 1. The molecule has 128 valence electrons. The Hall–Kier alpha value is -1.59. The highest BCUT2D eigenvalue weighted by Gasteiger charge is 2.13. The van der Waals surface area contributed by atoms with E-state index in [0.29, 0.717) is 6.42 Å². The van der Waals surface area contributed by atoms with E-state index in [2.05, 4.69) is 41.1 Å². The number of ether oxygens (including phenoxy) is 1. The average molecular weight is 319 g/mol. The van der Waals surface area contributed by atoms with Crippen molar-refractivity contribution >= 4 is 17.3 Å². The quantitative estimate of drug-likeness (QED) is 0.839. The maximum absolute atomic E-state index is 12.2. The highest BCUT2D eigenvalue weighted by Crippen LogP contribution is 2.22. The van der Waals surface area contributed by atoms with E-state index in [1.807, 2.05) is 13.0 Å². The number of rotatable bonds is 7. The first-order valence-corrected chi connectivity index (χ1v) is 8.59. The maximum atomic E-state index is 12.2. The van der Waals surface area contributed by atoms with Gasteiger partial charge >= 0.3 is 0 Å². The van der Waals surface area contributed by atoms with Crippen molar-refractivity contribution in [3.8, 4) is 0 Å². The molecule has 1 amide bonds. The molecule has 1 aromatic rings. The first-order valence-electron chi connectivity index (χ1n) is 8.59. The van der Waals surface area contributed by atoms with Gasteiger partial charge in [0.05, 0.1) is 13.2 Å². The standard InChI is InChI=1S/C18H29N3O2/c1-4-21(5-2)16-6-7-17(15(3)14-16)19-18(22)8-9-20-10-12-23-13-11-20/h6-7,14H,4-5,8-13H2,1-3H3,(H,19,22). The molecule has 0 aliphatic carbocycles. The molecule has 5 nitrogen and oxygen atoms in total. The largest absolute Gasteiger partial charge is 0.379 e. The van der Waals surface area contributed by atoms with E-state index in [9.17, 15) is 4.79 Å². The number of hydrogen-bond donors (Lipinski definition) is 1. The Balaban J connectivity index is 1.87. The molecule has 23 heavy (non-hydrogen) atoms. The summed E-state index contributed by atoms with van der Waals surface area (Å²) in [4.78, 5) is 16.7. The van der Waals surface area contributed by atoms with E-state index in [4.69, 9.17) is 4.74 Å². The summed E-state index contributed by atoms with van der Waals surface area (Å²) in [6.07, 6.45) is 0.525. The lowest BCUT2D eigenvalue weighted by molar-refractivity contribution is -0.116. The third-order valence-corrected chi connectivity index (χ3v) is 4.37. The predicted molar refractivity (Wildman–Crippen MR) is 95.2 cm³/mol. The van der Waals surface area contributed by atoms with Crippen molar-refractivity contribution in [3.63, 3.8) is 0 Å². The first-order chi connectivity index (χ1) is 11.1. The van der Waals surface area contributed by atoms with Gasteiger partial charge in [0.1, 0.15) is 0 Å². The topological polar surface area (TPSA) is 44.8 Å². The molecular formula is C18H29N3O2. The van der Waals surface area contributed by atoms with Crippen LogP contribution in [0.3, 0.4) is 0 Å². The van der Waals surface area contributed by atoms with Crippen LogP contribution in [0.25, 0.3) is 0 Å². The molecule has 0 saturated carbocycles. The van der Waals surface area contributed by atoms with Crippen LogP contribution in [-0.4, -0.2) is 56.7 Å². The van der Waals surface area contributed by atoms with Crippen LogP contribution in [0.1, 0.15) is 25.8 Å². The second-order valence-electron chi connectivity index (χ2n) is 5.92. The lowest BCUT2D eigenvalue weighted by atomic mass is 10.1.